The summed E-state index contributed by atoms with van der Waals surface area (Å²) in [5, 5.41) is 13.7. The summed E-state index contributed by atoms with van der Waals surface area (Å²) in [4.78, 5) is 22.9. The lowest BCUT2D eigenvalue weighted by atomic mass is 9.95. The van der Waals surface area contributed by atoms with Crippen molar-refractivity contribution in [3.05, 3.63) is 69.2 Å². The first-order valence-electron chi connectivity index (χ1n) is 6.84. The van der Waals surface area contributed by atoms with Crippen LogP contribution in [0, 0.1) is 10.1 Å². The van der Waals surface area contributed by atoms with E-state index in [1.54, 1.807) is 6.07 Å². The van der Waals surface area contributed by atoms with E-state index < -0.39 is 10.3 Å². The zero-order valence-electron chi connectivity index (χ0n) is 11.6. The first kappa shape index (κ1) is 14.5. The number of hydrogen-bond acceptors (Lipinski definition) is 3. The largest absolute Gasteiger partial charge is 0.325 e. The van der Waals surface area contributed by atoms with Crippen LogP contribution in [0.3, 0.4) is 0 Å². The number of anilines is 1. The van der Waals surface area contributed by atoms with E-state index in [2.05, 4.69) is 5.32 Å². The minimum atomic E-state index is -0.567. The average Bonchev–Trinajstić information content (AvgIpc) is 3.31. The molecule has 0 saturated heterocycles. The highest BCUT2D eigenvalue weighted by Gasteiger charge is 2.51. The van der Waals surface area contributed by atoms with Crippen molar-refractivity contribution in [1.82, 2.24) is 0 Å². The number of nitrogens with one attached hydrogen (secondary N) is 1. The summed E-state index contributed by atoms with van der Waals surface area (Å²) in [5.41, 5.74) is 0.610. The summed E-state index contributed by atoms with van der Waals surface area (Å²) in [5.74, 6) is -0.143. The summed E-state index contributed by atoms with van der Waals surface area (Å²) in [6.45, 7) is 0. The predicted molar refractivity (Wildman–Crippen MR) is 84.1 cm³/mol. The molecule has 0 aliphatic heterocycles. The second-order valence-electron chi connectivity index (χ2n) is 5.33. The minimum absolute atomic E-state index is 0.0483. The summed E-state index contributed by atoms with van der Waals surface area (Å²) < 4.78 is 0. The van der Waals surface area contributed by atoms with Gasteiger partial charge in [-0.2, -0.15) is 0 Å². The Morgan fingerprint density at radius 3 is 2.45 bits per heavy atom. The van der Waals surface area contributed by atoms with Crippen molar-refractivity contribution in [1.29, 1.82) is 0 Å². The molecule has 2 aromatic carbocycles. The molecule has 0 spiro atoms. The van der Waals surface area contributed by atoms with Crippen LogP contribution in [0.5, 0.6) is 0 Å². The topological polar surface area (TPSA) is 72.2 Å². The van der Waals surface area contributed by atoms with E-state index in [1.807, 2.05) is 30.3 Å². The predicted octanol–water partition coefficient (Wildman–Crippen LogP) is 3.92. The van der Waals surface area contributed by atoms with Crippen LogP contribution in [0.4, 0.5) is 11.4 Å². The maximum atomic E-state index is 12.5. The Bertz CT molecular complexity index is 742. The van der Waals surface area contributed by atoms with Gasteiger partial charge in [-0.3, -0.25) is 14.9 Å². The highest BCUT2D eigenvalue weighted by molar-refractivity contribution is 6.32. The molecule has 0 atom stereocenters. The molecule has 3 rings (SSSR count). The molecule has 1 aliphatic carbocycles. The summed E-state index contributed by atoms with van der Waals surface area (Å²) in [6, 6.07) is 13.8. The van der Waals surface area contributed by atoms with Gasteiger partial charge in [0.05, 0.1) is 10.3 Å². The molecule has 2 aromatic rings. The number of nitro groups is 1. The Kier molecular flexibility index (Phi) is 3.58. The van der Waals surface area contributed by atoms with Crippen LogP contribution < -0.4 is 5.32 Å². The second kappa shape index (κ2) is 5.42. The van der Waals surface area contributed by atoms with E-state index in [1.165, 1.54) is 12.1 Å². The Morgan fingerprint density at radius 1 is 1.18 bits per heavy atom. The van der Waals surface area contributed by atoms with E-state index in [9.17, 15) is 14.9 Å². The lowest BCUT2D eigenvalue weighted by molar-refractivity contribution is -0.384. The van der Waals surface area contributed by atoms with Gasteiger partial charge in [0.2, 0.25) is 5.91 Å². The summed E-state index contributed by atoms with van der Waals surface area (Å²) in [7, 11) is 0. The zero-order valence-corrected chi connectivity index (χ0v) is 12.3. The lowest BCUT2D eigenvalue weighted by Gasteiger charge is -2.15. The first-order chi connectivity index (χ1) is 10.5. The first-order valence-corrected chi connectivity index (χ1v) is 7.22. The van der Waals surface area contributed by atoms with Gasteiger partial charge in [-0.25, -0.2) is 0 Å². The number of nitro benzene ring substituents is 1. The number of halogens is 1. The molecule has 5 nitrogen and oxygen atoms in total. The van der Waals surface area contributed by atoms with Crippen molar-refractivity contribution in [3.63, 3.8) is 0 Å². The van der Waals surface area contributed by atoms with Gasteiger partial charge in [0.1, 0.15) is 5.02 Å². The third-order valence-electron chi connectivity index (χ3n) is 3.91. The Hall–Kier alpha value is -2.40. The fourth-order valence-corrected chi connectivity index (χ4v) is 2.70. The Balaban J connectivity index is 1.84. The van der Waals surface area contributed by atoms with Gasteiger partial charge in [-0.15, -0.1) is 0 Å². The molecule has 1 saturated carbocycles. The molecule has 1 aliphatic rings. The van der Waals surface area contributed by atoms with Gasteiger partial charge in [0.25, 0.3) is 5.69 Å². The molecule has 22 heavy (non-hydrogen) atoms. The lowest BCUT2D eigenvalue weighted by Crippen LogP contribution is -2.27. The number of amides is 1. The van der Waals surface area contributed by atoms with Crippen molar-refractivity contribution in [2.75, 3.05) is 5.32 Å². The van der Waals surface area contributed by atoms with E-state index in [-0.39, 0.29) is 16.6 Å². The normalized spacial score (nSPS) is 15.1. The zero-order chi connectivity index (χ0) is 15.7. The molecule has 0 aromatic heterocycles. The fourth-order valence-electron chi connectivity index (χ4n) is 2.51. The van der Waals surface area contributed by atoms with E-state index in [0.717, 1.165) is 18.4 Å². The summed E-state index contributed by atoms with van der Waals surface area (Å²) in [6.07, 6.45) is 1.55. The third-order valence-corrected chi connectivity index (χ3v) is 4.23. The number of hydrogen-bond donors (Lipinski definition) is 1. The Labute approximate surface area is 132 Å². The standard InChI is InChI=1S/C16H13ClN2O3/c17-13-7-6-12(10-14(13)19(21)22)18-15(20)16(8-9-16)11-4-2-1-3-5-11/h1-7,10H,8-9H2,(H,18,20). The average molecular weight is 317 g/mol. The second-order valence-corrected chi connectivity index (χ2v) is 5.73. The van der Waals surface area contributed by atoms with Crippen LogP contribution in [-0.4, -0.2) is 10.8 Å². The molecule has 1 N–H and O–H groups in total. The number of carbonyl (C=O) groups excluding carboxylic acids is 1. The van der Waals surface area contributed by atoms with Crippen molar-refractivity contribution in [3.8, 4) is 0 Å². The molecule has 1 amide bonds. The van der Waals surface area contributed by atoms with Crippen LogP contribution in [0.2, 0.25) is 5.02 Å². The highest BCUT2D eigenvalue weighted by atomic mass is 35.5. The van der Waals surface area contributed by atoms with Gasteiger partial charge in [-0.1, -0.05) is 41.9 Å². The Morgan fingerprint density at radius 2 is 1.86 bits per heavy atom. The third kappa shape index (κ3) is 2.55. The van der Waals surface area contributed by atoms with E-state index >= 15 is 0 Å². The molecule has 0 unspecified atom stereocenters. The van der Waals surface area contributed by atoms with Crippen LogP contribution in [0.25, 0.3) is 0 Å². The fraction of sp³-hybridized carbons (Fsp3) is 0.188. The van der Waals surface area contributed by atoms with Crippen molar-refractivity contribution in [2.45, 2.75) is 18.3 Å². The molecule has 6 heteroatoms. The molecule has 0 heterocycles. The molecular weight excluding hydrogens is 304 g/mol. The number of rotatable bonds is 4. The molecule has 112 valence electrons. The van der Waals surface area contributed by atoms with Crippen LogP contribution in [0.15, 0.2) is 48.5 Å². The molecular formula is C16H13ClN2O3. The van der Waals surface area contributed by atoms with Gasteiger partial charge in [0, 0.05) is 11.8 Å². The number of carbonyl (C=O) groups is 1. The molecule has 1 fully saturated rings. The maximum Gasteiger partial charge on any atom is 0.289 e. The number of nitrogens with zero attached hydrogens (tertiary/aromatic N) is 1. The van der Waals surface area contributed by atoms with Crippen LogP contribution >= 0.6 is 11.6 Å². The van der Waals surface area contributed by atoms with Gasteiger partial charge < -0.3 is 5.32 Å². The van der Waals surface area contributed by atoms with E-state index in [0.29, 0.717) is 5.69 Å². The molecule has 0 radical (unpaired) electrons. The number of benzene rings is 2. The van der Waals surface area contributed by atoms with Gasteiger partial charge in [0.15, 0.2) is 0 Å². The smallest absolute Gasteiger partial charge is 0.289 e. The van der Waals surface area contributed by atoms with Crippen molar-refractivity contribution in [2.24, 2.45) is 0 Å². The monoisotopic (exact) mass is 316 g/mol. The van der Waals surface area contributed by atoms with E-state index in [4.69, 9.17) is 11.6 Å². The van der Waals surface area contributed by atoms with Crippen molar-refractivity contribution < 1.29 is 9.72 Å². The SMILES string of the molecule is O=C(Nc1ccc(Cl)c([N+](=O)[O-])c1)C1(c2ccccc2)CC1. The minimum Gasteiger partial charge on any atom is -0.325 e. The molecule has 0 bridgehead atoms. The van der Waals surface area contributed by atoms with Gasteiger partial charge >= 0.3 is 0 Å². The summed E-state index contributed by atoms with van der Waals surface area (Å²) >= 11 is 5.77. The maximum absolute atomic E-state index is 12.5. The quantitative estimate of drug-likeness (QED) is 0.686. The van der Waals surface area contributed by atoms with Crippen LogP contribution in [-0.2, 0) is 10.2 Å². The van der Waals surface area contributed by atoms with Crippen molar-refractivity contribution >= 4 is 28.9 Å². The highest BCUT2D eigenvalue weighted by Crippen LogP contribution is 2.49. The van der Waals surface area contributed by atoms with Gasteiger partial charge in [-0.05, 0) is 30.5 Å². The van der Waals surface area contributed by atoms with Crippen LogP contribution in [0.1, 0.15) is 18.4 Å².